The van der Waals surface area contributed by atoms with Gasteiger partial charge in [0.1, 0.15) is 11.6 Å². The van der Waals surface area contributed by atoms with Crippen molar-refractivity contribution in [3.63, 3.8) is 0 Å². The summed E-state index contributed by atoms with van der Waals surface area (Å²) in [6.45, 7) is 0.337. The number of carboxylic acids is 1. The van der Waals surface area contributed by atoms with E-state index in [0.717, 1.165) is 5.01 Å². The van der Waals surface area contributed by atoms with Gasteiger partial charge in [-0.2, -0.15) is 9.61 Å². The maximum absolute atomic E-state index is 10.4. The van der Waals surface area contributed by atoms with Crippen molar-refractivity contribution in [1.82, 2.24) is 19.8 Å². The van der Waals surface area contributed by atoms with Gasteiger partial charge in [0.15, 0.2) is 5.82 Å². The molecule has 0 amide bonds. The molecule has 86 valence electrons. The molecule has 0 fully saturated rings. The molecule has 0 saturated carbocycles. The average molecular weight is 242 g/mol. The van der Waals surface area contributed by atoms with E-state index in [9.17, 15) is 4.79 Å². The van der Waals surface area contributed by atoms with Gasteiger partial charge in [-0.05, 0) is 0 Å². The van der Waals surface area contributed by atoms with Crippen LogP contribution >= 0.6 is 11.3 Å². The lowest BCUT2D eigenvalue weighted by Gasteiger charge is -1.92. The molecule has 0 aromatic carbocycles. The number of fused-ring (bicyclic) bond motifs is 1. The molecule has 2 heterocycles. The number of hydrogen-bond acceptors (Lipinski definition) is 6. The number of methoxy groups -OCH3 is 1. The number of aliphatic carboxylic acids is 1. The number of ether oxygens (including phenoxy) is 1. The minimum absolute atomic E-state index is 0.0731. The van der Waals surface area contributed by atoms with Crippen molar-refractivity contribution >= 4 is 22.3 Å². The number of aryl methyl sites for hydroxylation is 1. The van der Waals surface area contributed by atoms with Gasteiger partial charge in [-0.25, -0.2) is 0 Å². The molecule has 8 heteroatoms. The highest BCUT2D eigenvalue weighted by Crippen LogP contribution is 2.15. The monoisotopic (exact) mass is 242 g/mol. The number of carbonyl (C=O) groups is 1. The largest absolute Gasteiger partial charge is 0.481 e. The maximum atomic E-state index is 10.4. The molecular weight excluding hydrogens is 232 g/mol. The number of nitrogens with zero attached hydrogens (tertiary/aromatic N) is 4. The lowest BCUT2D eigenvalue weighted by atomic mass is 10.3. The number of rotatable bonds is 5. The highest BCUT2D eigenvalue weighted by atomic mass is 32.1. The summed E-state index contributed by atoms with van der Waals surface area (Å²) in [6.07, 6.45) is 0.486. The number of aromatic nitrogens is 4. The van der Waals surface area contributed by atoms with Crippen LogP contribution in [-0.4, -0.2) is 38.0 Å². The van der Waals surface area contributed by atoms with Gasteiger partial charge in [-0.1, -0.05) is 11.3 Å². The van der Waals surface area contributed by atoms with Crippen molar-refractivity contribution in [2.75, 3.05) is 7.11 Å². The van der Waals surface area contributed by atoms with Gasteiger partial charge in [0.25, 0.3) is 0 Å². The highest BCUT2D eigenvalue weighted by Gasteiger charge is 2.11. The molecule has 16 heavy (non-hydrogen) atoms. The zero-order valence-corrected chi connectivity index (χ0v) is 9.40. The predicted molar refractivity (Wildman–Crippen MR) is 55.3 cm³/mol. The Bertz CT molecular complexity index is 506. The van der Waals surface area contributed by atoms with Crippen molar-refractivity contribution in [1.29, 1.82) is 0 Å². The van der Waals surface area contributed by atoms with Crippen LogP contribution in [0.2, 0.25) is 0 Å². The Morgan fingerprint density at radius 3 is 3.06 bits per heavy atom. The van der Waals surface area contributed by atoms with Crippen LogP contribution < -0.4 is 0 Å². The fraction of sp³-hybridized carbons (Fsp3) is 0.500. The first-order valence-electron chi connectivity index (χ1n) is 4.61. The van der Waals surface area contributed by atoms with E-state index in [1.54, 1.807) is 11.6 Å². The normalized spacial score (nSPS) is 11.1. The van der Waals surface area contributed by atoms with Crippen molar-refractivity contribution in [3.05, 3.63) is 10.8 Å². The first kappa shape index (κ1) is 11.0. The Morgan fingerprint density at radius 2 is 2.38 bits per heavy atom. The van der Waals surface area contributed by atoms with Crippen LogP contribution in [0.5, 0.6) is 0 Å². The molecule has 0 saturated heterocycles. The van der Waals surface area contributed by atoms with E-state index >= 15 is 0 Å². The van der Waals surface area contributed by atoms with E-state index < -0.39 is 5.97 Å². The number of hydrogen-bond donors (Lipinski definition) is 1. The molecule has 0 radical (unpaired) electrons. The summed E-state index contributed by atoms with van der Waals surface area (Å²) in [5.74, 6) is -0.210. The van der Waals surface area contributed by atoms with Crippen LogP contribution in [0.3, 0.4) is 0 Å². The quantitative estimate of drug-likeness (QED) is 0.813. The molecule has 0 aliphatic rings. The standard InChI is InChI=1S/C8H10N4O3S/c1-15-4-5-9-10-8-12(5)11-6(16-8)2-3-7(13)14/h2-4H2,1H3,(H,13,14). The molecule has 0 aliphatic carbocycles. The van der Waals surface area contributed by atoms with E-state index in [-0.39, 0.29) is 6.42 Å². The van der Waals surface area contributed by atoms with Crippen molar-refractivity contribution in [2.24, 2.45) is 0 Å². The summed E-state index contributed by atoms with van der Waals surface area (Å²) in [7, 11) is 1.57. The second-order valence-corrected chi connectivity index (χ2v) is 4.17. The van der Waals surface area contributed by atoms with Gasteiger partial charge in [0, 0.05) is 13.5 Å². The third kappa shape index (κ3) is 2.17. The molecule has 2 aromatic heterocycles. The molecule has 0 aliphatic heterocycles. The van der Waals surface area contributed by atoms with Crippen LogP contribution in [0, 0.1) is 0 Å². The molecular formula is C8H10N4O3S. The Kier molecular flexibility index (Phi) is 3.11. The minimum atomic E-state index is -0.830. The van der Waals surface area contributed by atoms with Gasteiger partial charge < -0.3 is 9.84 Å². The van der Waals surface area contributed by atoms with E-state index in [4.69, 9.17) is 9.84 Å². The summed E-state index contributed by atoms with van der Waals surface area (Å²) < 4.78 is 6.54. The molecule has 1 N–H and O–H groups in total. The lowest BCUT2D eigenvalue weighted by Crippen LogP contribution is -2.00. The second-order valence-electron chi connectivity index (χ2n) is 3.13. The predicted octanol–water partition coefficient (Wildman–Crippen LogP) is 0.349. The molecule has 7 nitrogen and oxygen atoms in total. The lowest BCUT2D eigenvalue weighted by molar-refractivity contribution is -0.136. The molecule has 2 rings (SSSR count). The zero-order chi connectivity index (χ0) is 11.5. The van der Waals surface area contributed by atoms with Crippen molar-refractivity contribution in [3.8, 4) is 0 Å². The summed E-state index contributed by atoms with van der Waals surface area (Å²) in [6, 6.07) is 0. The Hall–Kier alpha value is -1.54. The van der Waals surface area contributed by atoms with Gasteiger partial charge in [-0.3, -0.25) is 4.79 Å². The first-order chi connectivity index (χ1) is 7.70. The summed E-state index contributed by atoms with van der Waals surface area (Å²) in [4.78, 5) is 11.1. The Labute approximate surface area is 94.7 Å². The first-order valence-corrected chi connectivity index (χ1v) is 5.43. The maximum Gasteiger partial charge on any atom is 0.303 e. The third-order valence-corrected chi connectivity index (χ3v) is 2.88. The average Bonchev–Trinajstić information content (AvgIpc) is 2.77. The van der Waals surface area contributed by atoms with Crippen LogP contribution in [0.1, 0.15) is 17.3 Å². The van der Waals surface area contributed by atoms with E-state index in [0.29, 0.717) is 23.8 Å². The SMILES string of the molecule is COCc1nnc2sc(CCC(=O)O)nn12. The van der Waals surface area contributed by atoms with Gasteiger partial charge in [0.2, 0.25) is 4.96 Å². The topological polar surface area (TPSA) is 89.6 Å². The van der Waals surface area contributed by atoms with E-state index in [2.05, 4.69) is 15.3 Å². The van der Waals surface area contributed by atoms with Gasteiger partial charge >= 0.3 is 5.97 Å². The van der Waals surface area contributed by atoms with Crippen molar-refractivity contribution < 1.29 is 14.6 Å². The van der Waals surface area contributed by atoms with Gasteiger partial charge in [-0.15, -0.1) is 10.2 Å². The molecule has 0 atom stereocenters. The summed E-state index contributed by atoms with van der Waals surface area (Å²) >= 11 is 1.35. The molecule has 0 unspecified atom stereocenters. The fourth-order valence-corrected chi connectivity index (χ4v) is 2.08. The Balaban J connectivity index is 2.19. The Morgan fingerprint density at radius 1 is 1.56 bits per heavy atom. The van der Waals surface area contributed by atoms with Crippen molar-refractivity contribution in [2.45, 2.75) is 19.4 Å². The van der Waals surface area contributed by atoms with E-state index in [1.165, 1.54) is 11.3 Å². The smallest absolute Gasteiger partial charge is 0.303 e. The van der Waals surface area contributed by atoms with Crippen LogP contribution in [0.4, 0.5) is 0 Å². The number of carboxylic acid groups (broad SMARTS) is 1. The molecule has 2 aromatic rings. The summed E-state index contributed by atoms with van der Waals surface area (Å²) in [5, 5.41) is 21.4. The van der Waals surface area contributed by atoms with Crippen LogP contribution in [0.25, 0.3) is 4.96 Å². The second kappa shape index (κ2) is 4.54. The zero-order valence-electron chi connectivity index (χ0n) is 8.58. The highest BCUT2D eigenvalue weighted by molar-refractivity contribution is 7.16. The van der Waals surface area contributed by atoms with Crippen LogP contribution in [-0.2, 0) is 22.6 Å². The third-order valence-electron chi connectivity index (χ3n) is 1.92. The molecule has 0 spiro atoms. The van der Waals surface area contributed by atoms with E-state index in [1.807, 2.05) is 0 Å². The fourth-order valence-electron chi connectivity index (χ4n) is 1.23. The van der Waals surface area contributed by atoms with Crippen LogP contribution in [0.15, 0.2) is 0 Å². The summed E-state index contributed by atoms with van der Waals surface area (Å²) in [5.41, 5.74) is 0. The molecule has 0 bridgehead atoms. The van der Waals surface area contributed by atoms with Gasteiger partial charge in [0.05, 0.1) is 6.42 Å². The minimum Gasteiger partial charge on any atom is -0.481 e.